The van der Waals surface area contributed by atoms with Crippen molar-refractivity contribution in [2.24, 2.45) is 0 Å². The molecule has 0 saturated carbocycles. The average Bonchev–Trinajstić information content (AvgIpc) is 2.57. The van der Waals surface area contributed by atoms with Crippen LogP contribution in [0.3, 0.4) is 0 Å². The molecule has 0 bridgehead atoms. The fourth-order valence-corrected chi connectivity index (χ4v) is 2.88. The van der Waals surface area contributed by atoms with Crippen molar-refractivity contribution in [2.45, 2.75) is 19.9 Å². The van der Waals surface area contributed by atoms with Crippen molar-refractivity contribution < 1.29 is 9.15 Å². The predicted molar refractivity (Wildman–Crippen MR) is 98.1 cm³/mol. The van der Waals surface area contributed by atoms with Crippen molar-refractivity contribution in [3.8, 4) is 5.75 Å². The monoisotopic (exact) mass is 379 g/mol. The van der Waals surface area contributed by atoms with E-state index in [2.05, 4.69) is 0 Å². The molecule has 0 N–H and O–H groups in total. The van der Waals surface area contributed by atoms with Gasteiger partial charge in [-0.15, -0.1) is 0 Å². The van der Waals surface area contributed by atoms with Crippen LogP contribution < -0.4 is 16.1 Å². The molecule has 0 aliphatic rings. The highest BCUT2D eigenvalue weighted by Gasteiger charge is 2.10. The molecule has 130 valence electrons. The molecule has 3 aromatic rings. The van der Waals surface area contributed by atoms with Crippen LogP contribution in [0.1, 0.15) is 12.0 Å². The first-order valence-corrected chi connectivity index (χ1v) is 8.43. The van der Waals surface area contributed by atoms with Crippen molar-refractivity contribution >= 4 is 34.1 Å². The van der Waals surface area contributed by atoms with Gasteiger partial charge >= 0.3 is 11.4 Å². The van der Waals surface area contributed by atoms with Crippen LogP contribution in [0.4, 0.5) is 0 Å². The lowest BCUT2D eigenvalue weighted by atomic mass is 10.2. The number of aryl methyl sites for hydroxylation is 2. The van der Waals surface area contributed by atoms with Gasteiger partial charge in [-0.2, -0.15) is 0 Å². The first kappa shape index (κ1) is 17.6. The van der Waals surface area contributed by atoms with Crippen LogP contribution in [0.5, 0.6) is 5.75 Å². The summed E-state index contributed by atoms with van der Waals surface area (Å²) >= 11 is 12.0. The van der Waals surface area contributed by atoms with E-state index in [0.29, 0.717) is 46.3 Å². The number of benzene rings is 2. The summed E-state index contributed by atoms with van der Waals surface area (Å²) < 4.78 is 11.8. The molecule has 0 amide bonds. The van der Waals surface area contributed by atoms with Crippen molar-refractivity contribution in [1.82, 2.24) is 4.57 Å². The Morgan fingerprint density at radius 2 is 1.92 bits per heavy atom. The number of ether oxygens (including phenoxy) is 1. The molecule has 0 saturated heterocycles. The summed E-state index contributed by atoms with van der Waals surface area (Å²) in [4.78, 5) is 23.9. The highest BCUT2D eigenvalue weighted by atomic mass is 35.5. The summed E-state index contributed by atoms with van der Waals surface area (Å²) in [5, 5.41) is 1.38. The van der Waals surface area contributed by atoms with Gasteiger partial charge in [0.1, 0.15) is 5.75 Å². The van der Waals surface area contributed by atoms with Gasteiger partial charge in [0.2, 0.25) is 0 Å². The molecular weight excluding hydrogens is 365 g/mol. The molecular formula is C18H15Cl2NO4. The minimum absolute atomic E-state index is 0.332. The van der Waals surface area contributed by atoms with Gasteiger partial charge in [0.05, 0.1) is 22.5 Å². The Morgan fingerprint density at radius 3 is 2.72 bits per heavy atom. The Kier molecular flexibility index (Phi) is 5.16. The molecule has 7 heteroatoms. The maximum atomic E-state index is 12.0. The maximum Gasteiger partial charge on any atom is 0.422 e. The van der Waals surface area contributed by atoms with Crippen molar-refractivity contribution in [3.63, 3.8) is 0 Å². The third-order valence-electron chi connectivity index (χ3n) is 3.74. The molecule has 2 aromatic carbocycles. The molecule has 0 atom stereocenters. The smallest absolute Gasteiger partial charge is 0.422 e. The van der Waals surface area contributed by atoms with Crippen LogP contribution >= 0.6 is 23.2 Å². The molecule has 5 nitrogen and oxygen atoms in total. The fraction of sp³-hybridized carbons (Fsp3) is 0.222. The number of aromatic nitrogens is 1. The number of hydrogen-bond donors (Lipinski definition) is 0. The summed E-state index contributed by atoms with van der Waals surface area (Å²) in [7, 11) is 0. The van der Waals surface area contributed by atoms with Crippen LogP contribution in [-0.4, -0.2) is 11.2 Å². The van der Waals surface area contributed by atoms with Gasteiger partial charge in [0, 0.05) is 17.6 Å². The van der Waals surface area contributed by atoms with E-state index in [-0.39, 0.29) is 0 Å². The lowest BCUT2D eigenvalue weighted by Crippen LogP contribution is -2.25. The largest absolute Gasteiger partial charge is 0.492 e. The molecule has 1 heterocycles. The molecule has 0 aliphatic heterocycles. The predicted octanol–water partition coefficient (Wildman–Crippen LogP) is 4.04. The Bertz CT molecular complexity index is 1040. The zero-order valence-corrected chi connectivity index (χ0v) is 14.9. The standard InChI is InChI=1S/C18H15Cl2NO4/c1-11-3-6-15-13(9-11)17(22)25-18(23)21(15)7-2-8-24-16-10-12(19)4-5-14(16)20/h3-6,9-10H,2,7-8H2,1H3. The van der Waals surface area contributed by atoms with E-state index in [1.165, 1.54) is 4.57 Å². The summed E-state index contributed by atoms with van der Waals surface area (Å²) in [6.45, 7) is 2.55. The van der Waals surface area contributed by atoms with Crippen molar-refractivity contribution in [3.05, 3.63) is 73.0 Å². The van der Waals surface area contributed by atoms with Crippen molar-refractivity contribution in [2.75, 3.05) is 6.61 Å². The lowest BCUT2D eigenvalue weighted by molar-refractivity contribution is 0.297. The molecule has 0 aliphatic carbocycles. The molecule has 3 rings (SSSR count). The molecule has 25 heavy (non-hydrogen) atoms. The second-order valence-corrected chi connectivity index (χ2v) is 6.45. The SMILES string of the molecule is Cc1ccc2c(c1)c(=O)oc(=O)n2CCCOc1cc(Cl)ccc1Cl. The fourth-order valence-electron chi connectivity index (χ4n) is 2.54. The molecule has 0 fully saturated rings. The summed E-state index contributed by atoms with van der Waals surface area (Å²) in [5.74, 6) is -0.191. The zero-order chi connectivity index (χ0) is 18.0. The van der Waals surface area contributed by atoms with Crippen LogP contribution in [0.2, 0.25) is 10.0 Å². The van der Waals surface area contributed by atoms with Gasteiger partial charge in [-0.25, -0.2) is 9.59 Å². The van der Waals surface area contributed by atoms with Crippen LogP contribution in [-0.2, 0) is 6.54 Å². The minimum Gasteiger partial charge on any atom is -0.492 e. The Labute approximate surface area is 153 Å². The van der Waals surface area contributed by atoms with E-state index in [4.69, 9.17) is 32.4 Å². The van der Waals surface area contributed by atoms with E-state index >= 15 is 0 Å². The Hall–Kier alpha value is -2.24. The topological polar surface area (TPSA) is 61.4 Å². The minimum atomic E-state index is -0.679. The molecule has 0 unspecified atom stereocenters. The number of nitrogens with zero attached hydrogens (tertiary/aromatic N) is 1. The van der Waals surface area contributed by atoms with E-state index in [1.807, 2.05) is 13.0 Å². The average molecular weight is 380 g/mol. The third-order valence-corrected chi connectivity index (χ3v) is 4.29. The number of fused-ring (bicyclic) bond motifs is 1. The Balaban J connectivity index is 1.76. The summed E-state index contributed by atoms with van der Waals surface area (Å²) in [6, 6.07) is 10.3. The first-order chi connectivity index (χ1) is 12.0. The molecule has 1 aromatic heterocycles. The zero-order valence-electron chi connectivity index (χ0n) is 13.4. The van der Waals surface area contributed by atoms with Gasteiger partial charge in [0.15, 0.2) is 0 Å². The third kappa shape index (κ3) is 3.89. The van der Waals surface area contributed by atoms with Crippen molar-refractivity contribution in [1.29, 1.82) is 0 Å². The summed E-state index contributed by atoms with van der Waals surface area (Å²) in [5.41, 5.74) is 0.846. The second-order valence-electron chi connectivity index (χ2n) is 5.60. The molecule has 0 spiro atoms. The van der Waals surface area contributed by atoms with Crippen LogP contribution in [0.25, 0.3) is 10.9 Å². The number of hydrogen-bond acceptors (Lipinski definition) is 4. The highest BCUT2D eigenvalue weighted by molar-refractivity contribution is 6.34. The van der Waals surface area contributed by atoms with Gasteiger partial charge in [-0.1, -0.05) is 34.8 Å². The number of halogens is 2. The van der Waals surface area contributed by atoms with E-state index < -0.39 is 11.4 Å². The van der Waals surface area contributed by atoms with Gasteiger partial charge in [0.25, 0.3) is 0 Å². The van der Waals surface area contributed by atoms with E-state index in [1.54, 1.807) is 30.3 Å². The van der Waals surface area contributed by atoms with Gasteiger partial charge < -0.3 is 9.15 Å². The summed E-state index contributed by atoms with van der Waals surface area (Å²) in [6.07, 6.45) is 0.527. The first-order valence-electron chi connectivity index (χ1n) is 7.68. The Morgan fingerprint density at radius 1 is 1.12 bits per heavy atom. The van der Waals surface area contributed by atoms with E-state index in [9.17, 15) is 9.59 Å². The highest BCUT2D eigenvalue weighted by Crippen LogP contribution is 2.27. The van der Waals surface area contributed by atoms with Crippen LogP contribution in [0, 0.1) is 6.92 Å². The van der Waals surface area contributed by atoms with Crippen LogP contribution in [0.15, 0.2) is 50.4 Å². The van der Waals surface area contributed by atoms with E-state index in [0.717, 1.165) is 5.56 Å². The second kappa shape index (κ2) is 7.33. The number of rotatable bonds is 5. The van der Waals surface area contributed by atoms with Gasteiger partial charge in [-0.05, 0) is 37.6 Å². The van der Waals surface area contributed by atoms with Gasteiger partial charge in [-0.3, -0.25) is 4.57 Å². The molecule has 0 radical (unpaired) electrons. The lowest BCUT2D eigenvalue weighted by Gasteiger charge is -2.11. The maximum absolute atomic E-state index is 12.0. The normalized spacial score (nSPS) is 11.0. The quantitative estimate of drug-likeness (QED) is 0.627.